The van der Waals surface area contributed by atoms with Gasteiger partial charge in [0.15, 0.2) is 0 Å². The summed E-state index contributed by atoms with van der Waals surface area (Å²) in [5.74, 6) is 5.70. The summed E-state index contributed by atoms with van der Waals surface area (Å²) in [5.41, 5.74) is 0.828. The number of benzene rings is 1. The summed E-state index contributed by atoms with van der Waals surface area (Å²) in [6.07, 6.45) is 0.797. The second kappa shape index (κ2) is 5.79. The van der Waals surface area contributed by atoms with Gasteiger partial charge in [0, 0.05) is 18.5 Å². The lowest BCUT2D eigenvalue weighted by molar-refractivity contribution is 0.621. The molecule has 0 aliphatic heterocycles. The summed E-state index contributed by atoms with van der Waals surface area (Å²) in [4.78, 5) is 0. The van der Waals surface area contributed by atoms with Crippen molar-refractivity contribution in [2.24, 2.45) is 0 Å². The first-order chi connectivity index (χ1) is 6.74. The second-order valence-corrected chi connectivity index (χ2v) is 3.64. The predicted octanol–water partition coefficient (Wildman–Crippen LogP) is 2.55. The van der Waals surface area contributed by atoms with E-state index < -0.39 is 0 Å². The van der Waals surface area contributed by atoms with Crippen LogP contribution < -0.4 is 5.32 Å². The van der Waals surface area contributed by atoms with E-state index in [1.807, 2.05) is 7.05 Å². The zero-order chi connectivity index (χ0) is 10.4. The Labute approximate surface area is 91.8 Å². The Bertz CT molecular complexity index is 365. The van der Waals surface area contributed by atoms with E-state index in [-0.39, 0.29) is 5.82 Å². The van der Waals surface area contributed by atoms with Gasteiger partial charge in [0.1, 0.15) is 5.82 Å². The zero-order valence-corrected chi connectivity index (χ0v) is 9.49. The minimum atomic E-state index is -0.259. The minimum absolute atomic E-state index is 0.259. The van der Waals surface area contributed by atoms with Crippen molar-refractivity contribution < 1.29 is 4.39 Å². The van der Waals surface area contributed by atoms with Crippen LogP contribution in [0.4, 0.5) is 4.39 Å². The Morgan fingerprint density at radius 2 is 2.29 bits per heavy atom. The molecule has 0 radical (unpaired) electrons. The summed E-state index contributed by atoms with van der Waals surface area (Å²) >= 11 is 3.11. The Morgan fingerprint density at radius 1 is 1.50 bits per heavy atom. The molecule has 74 valence electrons. The fourth-order valence-corrected chi connectivity index (χ4v) is 1.30. The number of hydrogen-bond acceptors (Lipinski definition) is 1. The molecule has 0 unspecified atom stereocenters. The molecular weight excluding hydrogens is 245 g/mol. The summed E-state index contributed by atoms with van der Waals surface area (Å²) in [6.45, 7) is 0.870. The van der Waals surface area contributed by atoms with E-state index in [4.69, 9.17) is 0 Å². The van der Waals surface area contributed by atoms with E-state index in [1.165, 1.54) is 6.07 Å². The molecule has 0 bridgehead atoms. The summed E-state index contributed by atoms with van der Waals surface area (Å²) < 4.78 is 13.3. The molecule has 0 spiro atoms. The van der Waals surface area contributed by atoms with Crippen LogP contribution in [0, 0.1) is 17.7 Å². The highest BCUT2D eigenvalue weighted by molar-refractivity contribution is 9.10. The Kier molecular flexibility index (Phi) is 4.64. The van der Waals surface area contributed by atoms with Gasteiger partial charge in [-0.2, -0.15) is 0 Å². The SMILES string of the molecule is CNCCC#Cc1ccc(F)c(Br)c1. The number of hydrogen-bond donors (Lipinski definition) is 1. The van der Waals surface area contributed by atoms with E-state index in [9.17, 15) is 4.39 Å². The van der Waals surface area contributed by atoms with E-state index in [1.54, 1.807) is 12.1 Å². The molecule has 1 aromatic carbocycles. The fourth-order valence-electron chi connectivity index (χ4n) is 0.926. The third kappa shape index (κ3) is 3.49. The molecule has 1 aromatic rings. The molecule has 0 aliphatic carbocycles. The van der Waals surface area contributed by atoms with Crippen LogP contribution >= 0.6 is 15.9 Å². The number of rotatable bonds is 2. The van der Waals surface area contributed by atoms with Crippen LogP contribution in [-0.4, -0.2) is 13.6 Å². The molecule has 0 aromatic heterocycles. The van der Waals surface area contributed by atoms with Gasteiger partial charge < -0.3 is 5.32 Å². The summed E-state index contributed by atoms with van der Waals surface area (Å²) in [7, 11) is 1.89. The quantitative estimate of drug-likeness (QED) is 0.633. The Balaban J connectivity index is 2.66. The van der Waals surface area contributed by atoms with Crippen LogP contribution in [0.1, 0.15) is 12.0 Å². The van der Waals surface area contributed by atoms with Crippen LogP contribution in [0.2, 0.25) is 0 Å². The molecule has 14 heavy (non-hydrogen) atoms. The first-order valence-electron chi connectivity index (χ1n) is 4.32. The standard InChI is InChI=1S/C11H11BrFN/c1-14-7-3-2-4-9-5-6-11(13)10(12)8-9/h5-6,8,14H,3,7H2,1H3. The molecular formula is C11H11BrFN. The Hall–Kier alpha value is -0.850. The first kappa shape index (κ1) is 11.2. The average Bonchev–Trinajstić information content (AvgIpc) is 2.18. The summed E-state index contributed by atoms with van der Waals surface area (Å²) in [5, 5.41) is 3.00. The smallest absolute Gasteiger partial charge is 0.137 e. The van der Waals surface area contributed by atoms with Gasteiger partial charge in [0.2, 0.25) is 0 Å². The van der Waals surface area contributed by atoms with Gasteiger partial charge in [-0.05, 0) is 41.2 Å². The lowest BCUT2D eigenvalue weighted by Gasteiger charge is -1.94. The number of halogens is 2. The molecule has 0 amide bonds. The van der Waals surface area contributed by atoms with Crippen molar-refractivity contribution in [1.82, 2.24) is 5.32 Å². The van der Waals surface area contributed by atoms with Crippen LogP contribution in [0.5, 0.6) is 0 Å². The van der Waals surface area contributed by atoms with Crippen LogP contribution in [0.15, 0.2) is 22.7 Å². The molecule has 1 nitrogen and oxygen atoms in total. The van der Waals surface area contributed by atoms with Gasteiger partial charge >= 0.3 is 0 Å². The highest BCUT2D eigenvalue weighted by Gasteiger charge is 1.97. The van der Waals surface area contributed by atoms with E-state index in [0.717, 1.165) is 18.5 Å². The van der Waals surface area contributed by atoms with Gasteiger partial charge in [0.25, 0.3) is 0 Å². The third-order valence-corrected chi connectivity index (χ3v) is 2.26. The highest BCUT2D eigenvalue weighted by Crippen LogP contribution is 2.15. The largest absolute Gasteiger partial charge is 0.319 e. The molecule has 0 atom stereocenters. The second-order valence-electron chi connectivity index (χ2n) is 2.78. The maximum Gasteiger partial charge on any atom is 0.137 e. The lowest BCUT2D eigenvalue weighted by Crippen LogP contribution is -2.05. The first-order valence-corrected chi connectivity index (χ1v) is 5.12. The third-order valence-electron chi connectivity index (χ3n) is 1.65. The van der Waals surface area contributed by atoms with Crippen molar-refractivity contribution in [2.45, 2.75) is 6.42 Å². The van der Waals surface area contributed by atoms with Crippen molar-refractivity contribution in [3.63, 3.8) is 0 Å². The van der Waals surface area contributed by atoms with Crippen LogP contribution in [0.25, 0.3) is 0 Å². The Morgan fingerprint density at radius 3 is 2.93 bits per heavy atom. The van der Waals surface area contributed by atoms with E-state index in [0.29, 0.717) is 4.47 Å². The molecule has 0 aliphatic rings. The van der Waals surface area contributed by atoms with Crippen molar-refractivity contribution in [2.75, 3.05) is 13.6 Å². The minimum Gasteiger partial charge on any atom is -0.319 e. The molecule has 1 N–H and O–H groups in total. The van der Waals surface area contributed by atoms with E-state index in [2.05, 4.69) is 33.1 Å². The molecule has 0 saturated heterocycles. The molecule has 1 rings (SSSR count). The van der Waals surface area contributed by atoms with Gasteiger partial charge in [-0.1, -0.05) is 11.8 Å². The van der Waals surface area contributed by atoms with Gasteiger partial charge in [-0.25, -0.2) is 4.39 Å². The average molecular weight is 256 g/mol. The maximum atomic E-state index is 12.8. The van der Waals surface area contributed by atoms with Crippen molar-refractivity contribution in [1.29, 1.82) is 0 Å². The molecule has 3 heteroatoms. The normalized spacial score (nSPS) is 9.36. The van der Waals surface area contributed by atoms with Crippen molar-refractivity contribution >= 4 is 15.9 Å². The maximum absolute atomic E-state index is 12.8. The number of nitrogens with one attached hydrogen (secondary N) is 1. The zero-order valence-electron chi connectivity index (χ0n) is 7.90. The topological polar surface area (TPSA) is 12.0 Å². The fraction of sp³-hybridized carbons (Fsp3) is 0.273. The van der Waals surface area contributed by atoms with E-state index >= 15 is 0 Å². The highest BCUT2D eigenvalue weighted by atomic mass is 79.9. The summed E-state index contributed by atoms with van der Waals surface area (Å²) in [6, 6.07) is 4.76. The van der Waals surface area contributed by atoms with Crippen LogP contribution in [-0.2, 0) is 0 Å². The lowest BCUT2D eigenvalue weighted by atomic mass is 10.2. The van der Waals surface area contributed by atoms with Crippen LogP contribution in [0.3, 0.4) is 0 Å². The van der Waals surface area contributed by atoms with Gasteiger partial charge in [-0.15, -0.1) is 0 Å². The predicted molar refractivity (Wildman–Crippen MR) is 59.5 cm³/mol. The molecule has 0 heterocycles. The monoisotopic (exact) mass is 255 g/mol. The van der Waals surface area contributed by atoms with Crippen molar-refractivity contribution in [3.05, 3.63) is 34.1 Å². The van der Waals surface area contributed by atoms with Gasteiger partial charge in [-0.3, -0.25) is 0 Å². The molecule has 0 saturated carbocycles. The van der Waals surface area contributed by atoms with Gasteiger partial charge in [0.05, 0.1) is 4.47 Å². The van der Waals surface area contributed by atoms with Crippen molar-refractivity contribution in [3.8, 4) is 11.8 Å². The molecule has 0 fully saturated rings.